The molecule has 128 valence electrons. The summed E-state index contributed by atoms with van der Waals surface area (Å²) in [5.41, 5.74) is 0.954. The fourth-order valence-corrected chi connectivity index (χ4v) is 3.16. The van der Waals surface area contributed by atoms with Crippen LogP contribution in [0.3, 0.4) is 0 Å². The zero-order valence-electron chi connectivity index (χ0n) is 14.0. The highest BCUT2D eigenvalue weighted by Gasteiger charge is 2.37. The summed E-state index contributed by atoms with van der Waals surface area (Å²) in [4.78, 5) is 11.4. The number of ether oxygens (including phenoxy) is 2. The summed E-state index contributed by atoms with van der Waals surface area (Å²) in [6, 6.07) is 5.76. The average Bonchev–Trinajstić information content (AvgIpc) is 3.34. The van der Waals surface area contributed by atoms with Crippen molar-refractivity contribution in [2.24, 2.45) is 0 Å². The van der Waals surface area contributed by atoms with Crippen LogP contribution in [0.5, 0.6) is 5.88 Å². The van der Waals surface area contributed by atoms with Gasteiger partial charge in [0.05, 0.1) is 25.5 Å². The van der Waals surface area contributed by atoms with E-state index in [0.717, 1.165) is 30.9 Å². The lowest BCUT2D eigenvalue weighted by atomic mass is 10.1. The molecule has 0 N–H and O–H groups in total. The zero-order valence-corrected chi connectivity index (χ0v) is 14.0. The van der Waals surface area contributed by atoms with Crippen molar-refractivity contribution in [3.05, 3.63) is 35.6 Å². The molecule has 0 unspecified atom stereocenters. The van der Waals surface area contributed by atoms with Gasteiger partial charge >= 0.3 is 0 Å². The first kappa shape index (κ1) is 15.5. The number of pyridine rings is 1. The van der Waals surface area contributed by atoms with Crippen molar-refractivity contribution >= 4 is 0 Å². The maximum atomic E-state index is 5.83. The van der Waals surface area contributed by atoms with Crippen LogP contribution in [0.25, 0.3) is 0 Å². The molecule has 1 aliphatic carbocycles. The predicted molar refractivity (Wildman–Crippen MR) is 85.6 cm³/mol. The summed E-state index contributed by atoms with van der Waals surface area (Å²) in [5.74, 6) is 2.59. The van der Waals surface area contributed by atoms with Gasteiger partial charge in [-0.1, -0.05) is 11.2 Å². The molecule has 0 amide bonds. The van der Waals surface area contributed by atoms with Crippen molar-refractivity contribution in [2.75, 3.05) is 20.3 Å². The summed E-state index contributed by atoms with van der Waals surface area (Å²) >= 11 is 0. The molecular weight excluding hydrogens is 308 g/mol. The van der Waals surface area contributed by atoms with Gasteiger partial charge in [0.2, 0.25) is 11.8 Å². The third kappa shape index (κ3) is 3.14. The Morgan fingerprint density at radius 2 is 2.17 bits per heavy atom. The number of morpholine rings is 1. The van der Waals surface area contributed by atoms with Gasteiger partial charge in [-0.2, -0.15) is 4.98 Å². The summed E-state index contributed by atoms with van der Waals surface area (Å²) in [5, 5.41) is 4.15. The number of aromatic nitrogens is 3. The van der Waals surface area contributed by atoms with Crippen molar-refractivity contribution in [1.82, 2.24) is 20.0 Å². The molecule has 0 radical (unpaired) electrons. The molecule has 7 nitrogen and oxygen atoms in total. The second kappa shape index (κ2) is 6.49. The monoisotopic (exact) mass is 330 g/mol. The summed E-state index contributed by atoms with van der Waals surface area (Å²) < 4.78 is 16.6. The van der Waals surface area contributed by atoms with Crippen LogP contribution < -0.4 is 4.74 Å². The van der Waals surface area contributed by atoms with Crippen LogP contribution >= 0.6 is 0 Å². The molecular formula is C17H22N4O3. The van der Waals surface area contributed by atoms with Crippen LogP contribution in [0.4, 0.5) is 0 Å². The Balaban J connectivity index is 1.56. The van der Waals surface area contributed by atoms with Crippen molar-refractivity contribution in [3.63, 3.8) is 0 Å². The fraction of sp³-hybridized carbons (Fsp3) is 0.588. The number of hydrogen-bond donors (Lipinski definition) is 0. The van der Waals surface area contributed by atoms with E-state index in [2.05, 4.69) is 26.9 Å². The van der Waals surface area contributed by atoms with Crippen LogP contribution in [-0.4, -0.2) is 46.4 Å². The van der Waals surface area contributed by atoms with Crippen LogP contribution in [-0.2, 0) is 11.3 Å². The van der Waals surface area contributed by atoms with Gasteiger partial charge in [0.15, 0.2) is 5.82 Å². The van der Waals surface area contributed by atoms with E-state index >= 15 is 0 Å². The molecule has 24 heavy (non-hydrogen) atoms. The molecule has 4 rings (SSSR count). The topological polar surface area (TPSA) is 73.5 Å². The highest BCUT2D eigenvalue weighted by atomic mass is 16.5. The Morgan fingerprint density at radius 1 is 1.29 bits per heavy atom. The minimum absolute atomic E-state index is 0.00291. The Hall–Kier alpha value is -1.99. The van der Waals surface area contributed by atoms with Gasteiger partial charge < -0.3 is 14.0 Å². The molecule has 0 spiro atoms. The van der Waals surface area contributed by atoms with Crippen molar-refractivity contribution in [1.29, 1.82) is 0 Å². The van der Waals surface area contributed by atoms with Crippen molar-refractivity contribution in [2.45, 2.75) is 44.4 Å². The lowest BCUT2D eigenvalue weighted by Crippen LogP contribution is -2.44. The largest absolute Gasteiger partial charge is 0.481 e. The fourth-order valence-electron chi connectivity index (χ4n) is 3.16. The van der Waals surface area contributed by atoms with Crippen LogP contribution in [0, 0.1) is 0 Å². The quantitative estimate of drug-likeness (QED) is 0.833. The zero-order chi connectivity index (χ0) is 16.5. The second-order valence-corrected chi connectivity index (χ2v) is 6.43. The molecule has 2 aliphatic rings. The Morgan fingerprint density at radius 3 is 2.96 bits per heavy atom. The third-order valence-corrected chi connectivity index (χ3v) is 4.61. The van der Waals surface area contributed by atoms with Gasteiger partial charge in [-0.15, -0.1) is 0 Å². The molecule has 2 atom stereocenters. The lowest BCUT2D eigenvalue weighted by molar-refractivity contribution is -0.0767. The van der Waals surface area contributed by atoms with E-state index in [4.69, 9.17) is 14.0 Å². The van der Waals surface area contributed by atoms with E-state index in [1.54, 1.807) is 7.11 Å². The normalized spacial score (nSPS) is 24.9. The van der Waals surface area contributed by atoms with E-state index in [-0.39, 0.29) is 12.1 Å². The summed E-state index contributed by atoms with van der Waals surface area (Å²) in [7, 11) is 1.63. The lowest BCUT2D eigenvalue weighted by Gasteiger charge is -2.37. The highest BCUT2D eigenvalue weighted by molar-refractivity contribution is 5.16. The second-order valence-electron chi connectivity index (χ2n) is 6.43. The molecule has 1 saturated carbocycles. The van der Waals surface area contributed by atoms with Gasteiger partial charge in [-0.05, 0) is 25.8 Å². The summed E-state index contributed by atoms with van der Waals surface area (Å²) in [6.45, 7) is 4.23. The SMILES string of the molecule is COc1cccc(CN2CCO[C@H](C)[C@H]2c2nc(C3CC3)no2)n1. The van der Waals surface area contributed by atoms with E-state index in [1.807, 2.05) is 18.2 Å². The molecule has 2 fully saturated rings. The standard InChI is InChI=1S/C17H22N4O3/c1-11-15(17-19-16(20-24-17)12-6-7-12)21(8-9-23-11)10-13-4-3-5-14(18-13)22-2/h3-5,11-12,15H,6-10H2,1-2H3/t11-,15+/m1/s1. The molecule has 2 aromatic heterocycles. The third-order valence-electron chi connectivity index (χ3n) is 4.61. The number of rotatable bonds is 5. The van der Waals surface area contributed by atoms with Gasteiger partial charge in [0.25, 0.3) is 0 Å². The smallest absolute Gasteiger partial charge is 0.246 e. The van der Waals surface area contributed by atoms with Crippen molar-refractivity contribution in [3.8, 4) is 5.88 Å². The average molecular weight is 330 g/mol. The molecule has 0 aromatic carbocycles. The van der Waals surface area contributed by atoms with Gasteiger partial charge in [-0.3, -0.25) is 4.90 Å². The summed E-state index contributed by atoms with van der Waals surface area (Å²) in [6.07, 6.45) is 2.32. The van der Waals surface area contributed by atoms with Gasteiger partial charge in [-0.25, -0.2) is 4.98 Å². The molecule has 1 saturated heterocycles. The molecule has 1 aliphatic heterocycles. The molecule has 3 heterocycles. The molecule has 2 aromatic rings. The van der Waals surface area contributed by atoms with Crippen LogP contribution in [0.15, 0.2) is 22.7 Å². The Kier molecular flexibility index (Phi) is 4.20. The van der Waals surface area contributed by atoms with Crippen molar-refractivity contribution < 1.29 is 14.0 Å². The highest BCUT2D eigenvalue weighted by Crippen LogP contribution is 2.39. The first-order valence-corrected chi connectivity index (χ1v) is 8.43. The minimum Gasteiger partial charge on any atom is -0.481 e. The van der Waals surface area contributed by atoms with Gasteiger partial charge in [0.1, 0.15) is 6.04 Å². The maximum absolute atomic E-state index is 5.83. The van der Waals surface area contributed by atoms with E-state index < -0.39 is 0 Å². The number of nitrogens with zero attached hydrogens (tertiary/aromatic N) is 4. The number of hydrogen-bond acceptors (Lipinski definition) is 7. The number of methoxy groups -OCH3 is 1. The molecule has 7 heteroatoms. The van der Waals surface area contributed by atoms with Gasteiger partial charge in [0, 0.05) is 25.1 Å². The first-order valence-electron chi connectivity index (χ1n) is 8.43. The van der Waals surface area contributed by atoms with E-state index in [1.165, 1.54) is 0 Å². The Labute approximate surface area is 141 Å². The van der Waals surface area contributed by atoms with Crippen LogP contribution in [0.1, 0.15) is 49.1 Å². The van der Waals surface area contributed by atoms with E-state index in [0.29, 0.717) is 30.8 Å². The predicted octanol–water partition coefficient (Wildman–Crippen LogP) is 2.31. The Bertz CT molecular complexity index is 701. The first-order chi connectivity index (χ1) is 11.7. The maximum Gasteiger partial charge on any atom is 0.246 e. The van der Waals surface area contributed by atoms with E-state index in [9.17, 15) is 0 Å². The minimum atomic E-state index is -0.0493. The molecule has 0 bridgehead atoms. The van der Waals surface area contributed by atoms with Crippen LogP contribution in [0.2, 0.25) is 0 Å².